The summed E-state index contributed by atoms with van der Waals surface area (Å²) in [4.78, 5) is 11.0. The van der Waals surface area contributed by atoms with E-state index in [1.165, 1.54) is 6.20 Å². The molecule has 1 aliphatic rings. The predicted molar refractivity (Wildman–Crippen MR) is 134 cm³/mol. The quantitative estimate of drug-likeness (QED) is 0.400. The third-order valence-corrected chi connectivity index (χ3v) is 7.92. The second-order valence-electron chi connectivity index (χ2n) is 8.92. The van der Waals surface area contributed by atoms with Crippen molar-refractivity contribution in [1.29, 1.82) is 0 Å². The van der Waals surface area contributed by atoms with Crippen LogP contribution in [0.4, 0.5) is 16.0 Å². The Morgan fingerprint density at radius 1 is 1.19 bits per heavy atom. The van der Waals surface area contributed by atoms with Gasteiger partial charge in [0.1, 0.15) is 6.17 Å². The number of rotatable bonds is 7. The second kappa shape index (κ2) is 9.51. The molecular formula is C24H28FN7O3S. The summed E-state index contributed by atoms with van der Waals surface area (Å²) < 4.78 is 49.8. The van der Waals surface area contributed by atoms with E-state index < -0.39 is 16.2 Å². The lowest BCUT2D eigenvalue weighted by Crippen LogP contribution is -2.40. The van der Waals surface area contributed by atoms with Crippen molar-refractivity contribution in [2.45, 2.75) is 37.4 Å². The number of benzene rings is 1. The van der Waals surface area contributed by atoms with Gasteiger partial charge >= 0.3 is 0 Å². The topological polar surface area (TPSA) is 107 Å². The van der Waals surface area contributed by atoms with Gasteiger partial charge in [-0.1, -0.05) is 17.7 Å². The lowest BCUT2D eigenvalue weighted by atomic mass is 10.0. The molecule has 0 amide bonds. The van der Waals surface area contributed by atoms with E-state index in [9.17, 15) is 12.8 Å². The summed E-state index contributed by atoms with van der Waals surface area (Å²) in [7, 11) is -2.00. The number of aryl methyl sites for hydroxylation is 1. The maximum Gasteiger partial charge on any atom is 0.269 e. The van der Waals surface area contributed by atoms with Crippen LogP contribution in [0.1, 0.15) is 24.9 Å². The number of nitrogens with one attached hydrogen (secondary N) is 1. The molecule has 12 heteroatoms. The molecule has 0 aliphatic carbocycles. The Kier molecular flexibility index (Phi) is 6.39. The molecule has 4 aromatic rings. The number of halogens is 1. The summed E-state index contributed by atoms with van der Waals surface area (Å²) in [6.45, 7) is 5.20. The molecule has 0 radical (unpaired) electrons. The number of hydrogen-bond donors (Lipinski definition) is 1. The fourth-order valence-electron chi connectivity index (χ4n) is 4.34. The largest absolute Gasteiger partial charge is 0.477 e. The smallest absolute Gasteiger partial charge is 0.269 e. The highest BCUT2D eigenvalue weighted by atomic mass is 32.2. The lowest BCUT2D eigenvalue weighted by Gasteiger charge is -2.32. The van der Waals surface area contributed by atoms with Crippen molar-refractivity contribution in [1.82, 2.24) is 28.6 Å². The Morgan fingerprint density at radius 3 is 2.69 bits per heavy atom. The van der Waals surface area contributed by atoms with Crippen molar-refractivity contribution in [2.24, 2.45) is 0 Å². The molecule has 4 heterocycles. The molecular weight excluding hydrogens is 485 g/mol. The van der Waals surface area contributed by atoms with Crippen LogP contribution in [0.25, 0.3) is 11.0 Å². The Morgan fingerprint density at radius 2 is 1.97 bits per heavy atom. The molecule has 1 N–H and O–H groups in total. The molecule has 36 heavy (non-hydrogen) atoms. The maximum atomic E-state index is 14.6. The first-order chi connectivity index (χ1) is 17.3. The van der Waals surface area contributed by atoms with Gasteiger partial charge in [0.15, 0.2) is 5.65 Å². The predicted octanol–water partition coefficient (Wildman–Crippen LogP) is 3.53. The summed E-state index contributed by atoms with van der Waals surface area (Å²) >= 11 is 0. The molecule has 1 aliphatic heterocycles. The zero-order valence-corrected chi connectivity index (χ0v) is 21.1. The van der Waals surface area contributed by atoms with Crippen LogP contribution in [-0.2, 0) is 10.0 Å². The number of ether oxygens (including phenoxy) is 1. The van der Waals surface area contributed by atoms with Crippen molar-refractivity contribution < 1.29 is 17.5 Å². The van der Waals surface area contributed by atoms with Crippen LogP contribution in [0.3, 0.4) is 0 Å². The van der Waals surface area contributed by atoms with Crippen molar-refractivity contribution in [3.63, 3.8) is 0 Å². The summed E-state index contributed by atoms with van der Waals surface area (Å²) in [5, 5.41) is 7.87. The summed E-state index contributed by atoms with van der Waals surface area (Å²) in [6.07, 6.45) is 4.35. The first kappa shape index (κ1) is 24.2. The van der Waals surface area contributed by atoms with E-state index in [0.29, 0.717) is 30.6 Å². The standard InChI is InChI=1S/C24H28FN7O3S/c1-4-35-23-19-9-12-32(36(33,34)18-7-5-16(2)6-8-18)22(19)28-24(29-23)27-17-13-26-31(14-17)21-10-11-30(3)15-20(21)25/h5-9,12-14,20-21H,4,10-11,15H2,1-3H3,(H,27,28,29). The molecule has 2 unspecified atom stereocenters. The minimum absolute atomic E-state index is 0.143. The first-order valence-corrected chi connectivity index (χ1v) is 13.2. The lowest BCUT2D eigenvalue weighted by molar-refractivity contribution is 0.101. The maximum absolute atomic E-state index is 14.6. The van der Waals surface area contributed by atoms with Gasteiger partial charge in [-0.2, -0.15) is 15.1 Å². The van der Waals surface area contributed by atoms with Gasteiger partial charge in [0.2, 0.25) is 11.8 Å². The number of likely N-dealkylation sites (tertiary alicyclic amines) is 1. The summed E-state index contributed by atoms with van der Waals surface area (Å²) in [6, 6.07) is 7.89. The van der Waals surface area contributed by atoms with Gasteiger partial charge < -0.3 is 15.0 Å². The van der Waals surface area contributed by atoms with Crippen molar-refractivity contribution in [2.75, 3.05) is 32.1 Å². The molecule has 0 bridgehead atoms. The van der Waals surface area contributed by atoms with Crippen LogP contribution in [0.2, 0.25) is 0 Å². The Hall–Kier alpha value is -3.51. The fourth-order valence-corrected chi connectivity index (χ4v) is 5.63. The van der Waals surface area contributed by atoms with Gasteiger partial charge in [-0.15, -0.1) is 0 Å². The van der Waals surface area contributed by atoms with Crippen molar-refractivity contribution in [3.05, 3.63) is 54.5 Å². The Labute approximate surface area is 208 Å². The number of nitrogens with zero attached hydrogens (tertiary/aromatic N) is 6. The molecule has 1 fully saturated rings. The van der Waals surface area contributed by atoms with E-state index in [1.807, 2.05) is 25.8 Å². The van der Waals surface area contributed by atoms with E-state index in [-0.39, 0.29) is 28.4 Å². The highest BCUT2D eigenvalue weighted by molar-refractivity contribution is 7.90. The van der Waals surface area contributed by atoms with E-state index in [0.717, 1.165) is 16.1 Å². The van der Waals surface area contributed by atoms with Gasteiger partial charge in [-0.05, 0) is 45.5 Å². The number of piperidine rings is 1. The van der Waals surface area contributed by atoms with Gasteiger partial charge in [0, 0.05) is 25.5 Å². The molecule has 1 aromatic carbocycles. The number of hydrogen-bond acceptors (Lipinski definition) is 8. The second-order valence-corrected chi connectivity index (χ2v) is 10.7. The van der Waals surface area contributed by atoms with Crippen LogP contribution >= 0.6 is 0 Å². The van der Waals surface area contributed by atoms with E-state index >= 15 is 0 Å². The third kappa shape index (κ3) is 4.53. The highest BCUT2D eigenvalue weighted by Gasteiger charge is 2.29. The normalized spacial score (nSPS) is 19.0. The minimum atomic E-state index is -3.90. The van der Waals surface area contributed by atoms with Gasteiger partial charge in [0.25, 0.3) is 10.0 Å². The van der Waals surface area contributed by atoms with Gasteiger partial charge in [0.05, 0.1) is 34.8 Å². The molecule has 3 aromatic heterocycles. The third-order valence-electron chi connectivity index (χ3n) is 6.24. The zero-order valence-electron chi connectivity index (χ0n) is 20.3. The molecule has 10 nitrogen and oxygen atoms in total. The molecule has 5 rings (SSSR count). The van der Waals surface area contributed by atoms with E-state index in [4.69, 9.17) is 4.74 Å². The zero-order chi connectivity index (χ0) is 25.4. The SMILES string of the molecule is CCOc1nc(Nc2cnn(C3CCN(C)CC3F)c2)nc2c1ccn2S(=O)(=O)c1ccc(C)cc1. The average molecular weight is 514 g/mol. The van der Waals surface area contributed by atoms with Crippen molar-refractivity contribution >= 4 is 32.7 Å². The average Bonchev–Trinajstić information content (AvgIpc) is 3.47. The van der Waals surface area contributed by atoms with E-state index in [1.54, 1.807) is 47.4 Å². The first-order valence-electron chi connectivity index (χ1n) is 11.7. The molecule has 2 atom stereocenters. The van der Waals surface area contributed by atoms with Gasteiger partial charge in [-0.25, -0.2) is 16.8 Å². The summed E-state index contributed by atoms with van der Waals surface area (Å²) in [5.41, 5.74) is 1.70. The van der Waals surface area contributed by atoms with Crippen LogP contribution < -0.4 is 10.1 Å². The van der Waals surface area contributed by atoms with Crippen molar-refractivity contribution in [3.8, 4) is 5.88 Å². The summed E-state index contributed by atoms with van der Waals surface area (Å²) in [5.74, 6) is 0.402. The number of aromatic nitrogens is 5. The van der Waals surface area contributed by atoms with Crippen LogP contribution in [-0.4, -0.2) is 70.0 Å². The monoisotopic (exact) mass is 513 g/mol. The highest BCUT2D eigenvalue weighted by Crippen LogP contribution is 2.30. The molecule has 1 saturated heterocycles. The number of anilines is 2. The Balaban J connectivity index is 1.50. The van der Waals surface area contributed by atoms with Crippen LogP contribution in [0.5, 0.6) is 5.88 Å². The molecule has 0 saturated carbocycles. The Bertz CT molecular complexity index is 1480. The van der Waals surface area contributed by atoms with Crippen LogP contribution in [0, 0.1) is 6.92 Å². The van der Waals surface area contributed by atoms with E-state index in [2.05, 4.69) is 20.4 Å². The minimum Gasteiger partial charge on any atom is -0.477 e. The molecule has 190 valence electrons. The number of fused-ring (bicyclic) bond motifs is 1. The number of alkyl halides is 1. The van der Waals surface area contributed by atoms with Gasteiger partial charge in [-0.3, -0.25) is 4.68 Å². The fraction of sp³-hybridized carbons (Fsp3) is 0.375. The van der Waals surface area contributed by atoms with Crippen LogP contribution in [0.15, 0.2) is 53.8 Å². The molecule has 0 spiro atoms.